The van der Waals surface area contributed by atoms with Crippen LogP contribution in [0.25, 0.3) is 0 Å². The Hall–Kier alpha value is -5.49. The first kappa shape index (κ1) is 71.5. The predicted octanol–water partition coefficient (Wildman–Crippen LogP) is 20.9. The summed E-state index contributed by atoms with van der Waals surface area (Å²) in [7, 11) is 0. The molecule has 0 fully saturated rings. The van der Waals surface area contributed by atoms with Crippen molar-refractivity contribution in [1.29, 1.82) is 0 Å². The highest BCUT2D eigenvalue weighted by atomic mass is 16.6. The van der Waals surface area contributed by atoms with E-state index in [0.29, 0.717) is 19.3 Å². The summed E-state index contributed by atoms with van der Waals surface area (Å²) in [6, 6.07) is 0. The average molecular weight is 1060 g/mol. The van der Waals surface area contributed by atoms with Crippen molar-refractivity contribution in [2.75, 3.05) is 13.2 Å². The van der Waals surface area contributed by atoms with Gasteiger partial charge in [-0.3, -0.25) is 14.4 Å². The van der Waals surface area contributed by atoms with E-state index in [-0.39, 0.29) is 38.0 Å². The molecular formula is C71H108O6. The Labute approximate surface area is 472 Å². The van der Waals surface area contributed by atoms with Crippen LogP contribution in [0.15, 0.2) is 182 Å². The molecule has 0 aliphatic carbocycles. The number of carbonyl (C=O) groups is 3. The van der Waals surface area contributed by atoms with E-state index in [2.05, 4.69) is 203 Å². The third-order valence-electron chi connectivity index (χ3n) is 11.9. The van der Waals surface area contributed by atoms with Crippen molar-refractivity contribution in [1.82, 2.24) is 0 Å². The molecule has 0 N–H and O–H groups in total. The van der Waals surface area contributed by atoms with Crippen LogP contribution in [0.1, 0.15) is 226 Å². The van der Waals surface area contributed by atoms with Gasteiger partial charge < -0.3 is 14.2 Å². The highest BCUT2D eigenvalue weighted by Gasteiger charge is 2.19. The Morgan fingerprint density at radius 3 is 0.857 bits per heavy atom. The Balaban J connectivity index is 4.61. The fourth-order valence-corrected chi connectivity index (χ4v) is 7.41. The topological polar surface area (TPSA) is 78.9 Å². The fraction of sp³-hybridized carbons (Fsp3) is 0.535. The van der Waals surface area contributed by atoms with E-state index in [0.717, 1.165) is 135 Å². The lowest BCUT2D eigenvalue weighted by atomic mass is 10.1. The number of unbranched alkanes of at least 4 members (excludes halogenated alkanes) is 11. The van der Waals surface area contributed by atoms with Gasteiger partial charge in [-0.05, 0) is 148 Å². The molecule has 0 bridgehead atoms. The van der Waals surface area contributed by atoms with Gasteiger partial charge in [0, 0.05) is 19.3 Å². The lowest BCUT2D eigenvalue weighted by Crippen LogP contribution is -2.30. The van der Waals surface area contributed by atoms with Gasteiger partial charge in [-0.2, -0.15) is 0 Å². The van der Waals surface area contributed by atoms with Crippen LogP contribution >= 0.6 is 0 Å². The van der Waals surface area contributed by atoms with Crippen LogP contribution in [0.4, 0.5) is 0 Å². The second-order valence-electron chi connectivity index (χ2n) is 19.1. The number of carbonyl (C=O) groups excluding carboxylic acids is 3. The molecule has 0 spiro atoms. The van der Waals surface area contributed by atoms with Crippen LogP contribution < -0.4 is 0 Å². The molecule has 428 valence electrons. The van der Waals surface area contributed by atoms with Crippen LogP contribution in [0.3, 0.4) is 0 Å². The number of hydrogen-bond donors (Lipinski definition) is 0. The molecule has 0 heterocycles. The number of hydrogen-bond acceptors (Lipinski definition) is 6. The van der Waals surface area contributed by atoms with Crippen molar-refractivity contribution < 1.29 is 28.6 Å². The van der Waals surface area contributed by atoms with Gasteiger partial charge in [-0.15, -0.1) is 0 Å². The molecule has 0 aromatic carbocycles. The summed E-state index contributed by atoms with van der Waals surface area (Å²) >= 11 is 0. The predicted molar refractivity (Wildman–Crippen MR) is 334 cm³/mol. The van der Waals surface area contributed by atoms with Crippen molar-refractivity contribution in [2.45, 2.75) is 232 Å². The Morgan fingerprint density at radius 1 is 0.273 bits per heavy atom. The molecule has 1 atom stereocenters. The zero-order chi connectivity index (χ0) is 55.7. The van der Waals surface area contributed by atoms with Crippen LogP contribution in [0, 0.1) is 0 Å². The molecule has 0 aromatic heterocycles. The van der Waals surface area contributed by atoms with Crippen LogP contribution in [0.2, 0.25) is 0 Å². The van der Waals surface area contributed by atoms with E-state index in [9.17, 15) is 14.4 Å². The Bertz CT molecular complexity index is 1840. The van der Waals surface area contributed by atoms with Gasteiger partial charge in [0.05, 0.1) is 0 Å². The summed E-state index contributed by atoms with van der Waals surface area (Å²) in [6.45, 7) is 6.27. The molecule has 0 amide bonds. The minimum atomic E-state index is -0.847. The zero-order valence-electron chi connectivity index (χ0n) is 48.9. The van der Waals surface area contributed by atoms with Gasteiger partial charge in [0.1, 0.15) is 13.2 Å². The van der Waals surface area contributed by atoms with Gasteiger partial charge in [-0.25, -0.2) is 0 Å². The maximum Gasteiger partial charge on any atom is 0.306 e. The first-order valence-electron chi connectivity index (χ1n) is 30.3. The molecule has 0 rings (SSSR count). The van der Waals surface area contributed by atoms with Crippen molar-refractivity contribution in [3.05, 3.63) is 182 Å². The van der Waals surface area contributed by atoms with Crippen LogP contribution in [0.5, 0.6) is 0 Å². The quantitative estimate of drug-likeness (QED) is 0.0261. The van der Waals surface area contributed by atoms with Crippen molar-refractivity contribution in [2.24, 2.45) is 0 Å². The standard InChI is InChI=1S/C71H108O6/c1-4-7-10-13-16-19-22-25-27-29-31-33-35-37-39-41-43-46-49-52-55-58-61-64-70(73)76-67-68(66-75-69(72)63-60-57-54-51-48-45-24-21-18-15-12-9-6-3)77-71(74)65-62-59-56-53-50-47-44-42-40-38-36-34-32-30-28-26-23-20-17-14-11-8-5-2/h7-8,10-11,16-17,19-21,24-28,31-34,37-40,43-44,46-47,52-53,55-56,68H,4-6,9,12-15,18,22-23,29-30,35-36,41-42,45,48-51,54,57-67H2,1-3H3/b10-7-,11-8-,19-16-,20-17-,24-21-,27-25-,28-26-,33-31-,34-32-,39-37-,40-38-,46-43-,47-44-,55-52-,56-53-. The largest absolute Gasteiger partial charge is 0.462 e. The summed E-state index contributed by atoms with van der Waals surface area (Å²) in [4.78, 5) is 38.2. The smallest absolute Gasteiger partial charge is 0.306 e. The summed E-state index contributed by atoms with van der Waals surface area (Å²) in [5.41, 5.74) is 0. The molecule has 6 heteroatoms. The lowest BCUT2D eigenvalue weighted by molar-refractivity contribution is -0.167. The highest BCUT2D eigenvalue weighted by Crippen LogP contribution is 2.12. The molecule has 0 radical (unpaired) electrons. The van der Waals surface area contributed by atoms with Crippen LogP contribution in [-0.4, -0.2) is 37.2 Å². The van der Waals surface area contributed by atoms with E-state index >= 15 is 0 Å². The van der Waals surface area contributed by atoms with E-state index in [1.54, 1.807) is 0 Å². The monoisotopic (exact) mass is 1060 g/mol. The molecule has 0 saturated heterocycles. The molecule has 0 aliphatic heterocycles. The summed E-state index contributed by atoms with van der Waals surface area (Å²) in [6.07, 6.45) is 94.7. The third kappa shape index (κ3) is 61.2. The molecule has 77 heavy (non-hydrogen) atoms. The zero-order valence-corrected chi connectivity index (χ0v) is 48.9. The lowest BCUT2D eigenvalue weighted by Gasteiger charge is -2.18. The first-order valence-corrected chi connectivity index (χ1v) is 30.3. The van der Waals surface area contributed by atoms with Crippen LogP contribution in [-0.2, 0) is 28.6 Å². The Kier molecular flexibility index (Phi) is 58.6. The molecule has 0 saturated carbocycles. The normalized spacial score (nSPS) is 13.4. The third-order valence-corrected chi connectivity index (χ3v) is 11.9. The molecular weight excluding hydrogens is 949 g/mol. The fourth-order valence-electron chi connectivity index (χ4n) is 7.41. The number of allylic oxidation sites excluding steroid dienone is 30. The molecule has 0 aromatic rings. The van der Waals surface area contributed by atoms with E-state index in [1.807, 2.05) is 0 Å². The van der Waals surface area contributed by atoms with Gasteiger partial charge >= 0.3 is 17.9 Å². The van der Waals surface area contributed by atoms with Gasteiger partial charge in [0.25, 0.3) is 0 Å². The second kappa shape index (κ2) is 63.0. The van der Waals surface area contributed by atoms with Gasteiger partial charge in [0.2, 0.25) is 0 Å². The van der Waals surface area contributed by atoms with Crippen molar-refractivity contribution >= 4 is 17.9 Å². The number of rotatable bonds is 52. The number of ether oxygens (including phenoxy) is 3. The SMILES string of the molecule is CC/C=C\C/C=C\C/C=C\C/C=C\C/C=C\C/C=C\C/C=C\CCCC(=O)OCC(COC(=O)CCCCCCC/C=C\CCCCCC)OC(=O)CCC/C=C\C/C=C\C/C=C\C/C=C\C/C=C\C/C=C\C/C=C\CC. The number of esters is 3. The van der Waals surface area contributed by atoms with E-state index in [4.69, 9.17) is 14.2 Å². The molecule has 1 unspecified atom stereocenters. The maximum atomic E-state index is 12.9. The van der Waals surface area contributed by atoms with E-state index in [1.165, 1.54) is 38.5 Å². The highest BCUT2D eigenvalue weighted by molar-refractivity contribution is 5.71. The second-order valence-corrected chi connectivity index (χ2v) is 19.1. The first-order chi connectivity index (χ1) is 38.0. The van der Waals surface area contributed by atoms with Crippen molar-refractivity contribution in [3.8, 4) is 0 Å². The summed E-state index contributed by atoms with van der Waals surface area (Å²) in [5.74, 6) is -1.07. The average Bonchev–Trinajstić information content (AvgIpc) is 3.43. The van der Waals surface area contributed by atoms with Crippen molar-refractivity contribution in [3.63, 3.8) is 0 Å². The van der Waals surface area contributed by atoms with Gasteiger partial charge in [-0.1, -0.05) is 242 Å². The summed E-state index contributed by atoms with van der Waals surface area (Å²) in [5, 5.41) is 0. The van der Waals surface area contributed by atoms with E-state index < -0.39 is 12.1 Å². The molecule has 0 aliphatic rings. The molecule has 6 nitrogen and oxygen atoms in total. The minimum absolute atomic E-state index is 0.133. The maximum absolute atomic E-state index is 12.9. The Morgan fingerprint density at radius 2 is 0.519 bits per heavy atom. The minimum Gasteiger partial charge on any atom is -0.462 e. The van der Waals surface area contributed by atoms with Gasteiger partial charge in [0.15, 0.2) is 6.10 Å². The summed E-state index contributed by atoms with van der Waals surface area (Å²) < 4.78 is 16.8.